The number of ether oxygens (including phenoxy) is 2. The Labute approximate surface area is 303 Å². The lowest BCUT2D eigenvalue weighted by molar-refractivity contribution is -0.124. The summed E-state index contributed by atoms with van der Waals surface area (Å²) in [5, 5.41) is 11.7. The van der Waals surface area contributed by atoms with Crippen LogP contribution in [0.1, 0.15) is 65.0 Å². The van der Waals surface area contributed by atoms with E-state index in [0.29, 0.717) is 36.4 Å². The summed E-state index contributed by atoms with van der Waals surface area (Å²) in [4.78, 5) is 54.0. The third kappa shape index (κ3) is 10.6. The van der Waals surface area contributed by atoms with Gasteiger partial charge in [-0.1, -0.05) is 80.6 Å². The van der Waals surface area contributed by atoms with Gasteiger partial charge in [0, 0.05) is 24.9 Å². The highest BCUT2D eigenvalue weighted by Gasteiger charge is 2.28. The monoisotopic (exact) mass is 708 g/mol. The van der Waals surface area contributed by atoms with Crippen molar-refractivity contribution < 1.29 is 33.0 Å². The predicted molar refractivity (Wildman–Crippen MR) is 196 cm³/mol. The van der Waals surface area contributed by atoms with Gasteiger partial charge in [-0.25, -0.2) is 4.39 Å². The molecule has 4 aromatic carbocycles. The maximum atomic E-state index is 13.7. The second kappa shape index (κ2) is 18.0. The van der Waals surface area contributed by atoms with Crippen LogP contribution in [0.4, 0.5) is 4.39 Å². The molecule has 272 valence electrons. The lowest BCUT2D eigenvalue weighted by atomic mass is 9.84. The molecule has 0 bridgehead atoms. The lowest BCUT2D eigenvalue weighted by Crippen LogP contribution is -2.50. The van der Waals surface area contributed by atoms with Crippen molar-refractivity contribution in [1.29, 1.82) is 0 Å². The van der Waals surface area contributed by atoms with Crippen molar-refractivity contribution in [3.63, 3.8) is 0 Å². The Morgan fingerprint density at radius 1 is 0.808 bits per heavy atom. The molecule has 0 aliphatic carbocycles. The first kappa shape index (κ1) is 37.5. The molecule has 0 fully saturated rings. The van der Waals surface area contributed by atoms with E-state index in [2.05, 4.69) is 21.3 Å². The fraction of sp³-hybridized carbons (Fsp3) is 0.317. The molecule has 5 rings (SSSR count). The molecule has 4 N–H and O–H groups in total. The molecular weight excluding hydrogens is 663 g/mol. The van der Waals surface area contributed by atoms with Crippen LogP contribution in [-0.2, 0) is 21.4 Å². The molecule has 4 amide bonds. The smallest absolute Gasteiger partial charge is 0.255 e. The summed E-state index contributed by atoms with van der Waals surface area (Å²) in [6.45, 7) is 4.65. The number of para-hydroxylation sites is 2. The minimum atomic E-state index is -1.06. The van der Waals surface area contributed by atoms with E-state index in [-0.39, 0.29) is 55.8 Å². The van der Waals surface area contributed by atoms with Crippen LogP contribution in [0.2, 0.25) is 0 Å². The fourth-order valence-corrected chi connectivity index (χ4v) is 5.87. The van der Waals surface area contributed by atoms with E-state index < -0.39 is 29.3 Å². The average Bonchev–Trinajstić information content (AvgIpc) is 3.14. The summed E-state index contributed by atoms with van der Waals surface area (Å²) in [5.74, 6) is -1.30. The van der Waals surface area contributed by atoms with E-state index in [9.17, 15) is 23.6 Å². The minimum Gasteiger partial charge on any atom is -0.493 e. The van der Waals surface area contributed by atoms with Crippen molar-refractivity contribution in [2.45, 2.75) is 57.0 Å². The Morgan fingerprint density at radius 2 is 1.44 bits per heavy atom. The zero-order valence-electron chi connectivity index (χ0n) is 29.5. The molecule has 10 nitrogen and oxygen atoms in total. The van der Waals surface area contributed by atoms with Crippen LogP contribution in [0, 0.1) is 5.82 Å². The van der Waals surface area contributed by atoms with Crippen LogP contribution in [0.5, 0.6) is 11.5 Å². The van der Waals surface area contributed by atoms with Crippen LogP contribution in [0.15, 0.2) is 103 Å². The molecule has 1 aliphatic heterocycles. The average molecular weight is 709 g/mol. The van der Waals surface area contributed by atoms with Crippen molar-refractivity contribution in [2.24, 2.45) is 0 Å². The SMILES string of the molecule is CC(C)(CNC(=O)[C@@H]1CCC(=O)N[C@H](Cc2ccccc2)COc2ccccc2C(=O)NCCCOc2ccccc2C(=O)N1)c1ccc(F)cc1. The zero-order valence-corrected chi connectivity index (χ0v) is 29.5. The summed E-state index contributed by atoms with van der Waals surface area (Å²) in [5.41, 5.74) is 1.84. The van der Waals surface area contributed by atoms with Crippen molar-refractivity contribution in [2.75, 3.05) is 26.3 Å². The number of fused-ring (bicyclic) bond motifs is 2. The highest BCUT2D eigenvalue weighted by atomic mass is 19.1. The minimum absolute atomic E-state index is 0.00528. The van der Waals surface area contributed by atoms with Gasteiger partial charge in [-0.2, -0.15) is 0 Å². The maximum absolute atomic E-state index is 13.7. The van der Waals surface area contributed by atoms with Gasteiger partial charge in [0.25, 0.3) is 11.8 Å². The second-order valence-corrected chi connectivity index (χ2v) is 13.4. The molecular formula is C41H45FN4O6. The topological polar surface area (TPSA) is 135 Å². The number of carbonyl (C=O) groups is 4. The van der Waals surface area contributed by atoms with E-state index in [1.165, 1.54) is 12.1 Å². The van der Waals surface area contributed by atoms with E-state index in [1.807, 2.05) is 44.2 Å². The van der Waals surface area contributed by atoms with Crippen LogP contribution in [-0.4, -0.2) is 62.0 Å². The van der Waals surface area contributed by atoms with Crippen LogP contribution in [0.25, 0.3) is 0 Å². The number of amides is 4. The highest BCUT2D eigenvalue weighted by Crippen LogP contribution is 2.23. The summed E-state index contributed by atoms with van der Waals surface area (Å²) in [7, 11) is 0. The molecule has 0 spiro atoms. The van der Waals surface area contributed by atoms with Crippen LogP contribution >= 0.6 is 0 Å². The third-order valence-electron chi connectivity index (χ3n) is 8.87. The van der Waals surface area contributed by atoms with Crippen molar-refractivity contribution in [3.8, 4) is 11.5 Å². The van der Waals surface area contributed by atoms with Crippen molar-refractivity contribution in [1.82, 2.24) is 21.3 Å². The number of hydrogen-bond acceptors (Lipinski definition) is 6. The molecule has 1 aliphatic rings. The Hall–Kier alpha value is -5.71. The van der Waals surface area contributed by atoms with Gasteiger partial charge in [-0.15, -0.1) is 0 Å². The quantitative estimate of drug-likeness (QED) is 0.220. The first-order chi connectivity index (χ1) is 25.1. The molecule has 0 aromatic heterocycles. The largest absolute Gasteiger partial charge is 0.493 e. The Kier molecular flexibility index (Phi) is 13.0. The second-order valence-electron chi connectivity index (χ2n) is 13.4. The molecule has 0 saturated heterocycles. The highest BCUT2D eigenvalue weighted by molar-refractivity contribution is 6.00. The molecule has 2 atom stereocenters. The van der Waals surface area contributed by atoms with Gasteiger partial charge in [0.1, 0.15) is 30.0 Å². The van der Waals surface area contributed by atoms with Gasteiger partial charge in [-0.05, 0) is 66.8 Å². The number of hydrogen-bond donors (Lipinski definition) is 4. The Balaban J connectivity index is 1.38. The van der Waals surface area contributed by atoms with Crippen molar-refractivity contribution in [3.05, 3.63) is 131 Å². The predicted octanol–water partition coefficient (Wildman–Crippen LogP) is 5.12. The Bertz CT molecular complexity index is 1830. The molecule has 52 heavy (non-hydrogen) atoms. The molecule has 1 heterocycles. The van der Waals surface area contributed by atoms with Gasteiger partial charge >= 0.3 is 0 Å². The number of nitrogens with one attached hydrogen (secondary N) is 4. The summed E-state index contributed by atoms with van der Waals surface area (Å²) in [6, 6.07) is 27.8. The maximum Gasteiger partial charge on any atom is 0.255 e. The van der Waals surface area contributed by atoms with Gasteiger partial charge in [0.2, 0.25) is 11.8 Å². The molecule has 0 saturated carbocycles. The first-order valence-electron chi connectivity index (χ1n) is 17.5. The Morgan fingerprint density at radius 3 is 2.15 bits per heavy atom. The van der Waals surface area contributed by atoms with E-state index in [4.69, 9.17) is 9.47 Å². The van der Waals surface area contributed by atoms with Crippen LogP contribution in [0.3, 0.4) is 0 Å². The number of halogens is 1. The standard InChI is InChI=1S/C41H45FN4O6/c1-41(2,29-17-19-30(42)20-18-29)27-44-40(50)34-21-22-37(47)45-31(25-28-11-4-3-5-12-28)26-52-36-16-9-6-13-32(36)38(48)43-23-10-24-51-35-15-8-7-14-33(35)39(49)46-34/h3-9,11-20,31,34H,10,21-27H2,1-2H3,(H,43,48)(H,44,50)(H,45,47)(H,46,49)/t31-,34+/m1/s1. The molecule has 4 aromatic rings. The fourth-order valence-electron chi connectivity index (χ4n) is 5.87. The number of rotatable bonds is 6. The van der Waals surface area contributed by atoms with E-state index in [0.717, 1.165) is 11.1 Å². The summed E-state index contributed by atoms with van der Waals surface area (Å²) < 4.78 is 25.7. The lowest BCUT2D eigenvalue weighted by Gasteiger charge is -2.27. The van der Waals surface area contributed by atoms with Crippen molar-refractivity contribution >= 4 is 23.6 Å². The van der Waals surface area contributed by atoms with Gasteiger partial charge in [0.05, 0.1) is 23.8 Å². The van der Waals surface area contributed by atoms with Gasteiger partial charge in [-0.3, -0.25) is 19.2 Å². The molecule has 0 radical (unpaired) electrons. The number of carbonyl (C=O) groups excluding carboxylic acids is 4. The number of benzene rings is 4. The first-order valence-corrected chi connectivity index (χ1v) is 17.5. The molecule has 11 heteroatoms. The van der Waals surface area contributed by atoms with Gasteiger partial charge < -0.3 is 30.7 Å². The van der Waals surface area contributed by atoms with E-state index in [1.54, 1.807) is 60.7 Å². The zero-order chi connectivity index (χ0) is 36.9. The van der Waals surface area contributed by atoms with Crippen LogP contribution < -0.4 is 30.7 Å². The van der Waals surface area contributed by atoms with Gasteiger partial charge in [0.15, 0.2) is 0 Å². The normalized spacial score (nSPS) is 17.8. The summed E-state index contributed by atoms with van der Waals surface area (Å²) in [6.07, 6.45) is 0.842. The molecule has 0 unspecified atom stereocenters. The third-order valence-corrected chi connectivity index (χ3v) is 8.87. The summed E-state index contributed by atoms with van der Waals surface area (Å²) >= 11 is 0. The van der Waals surface area contributed by atoms with E-state index >= 15 is 0 Å².